The van der Waals surface area contributed by atoms with Crippen molar-refractivity contribution in [2.24, 2.45) is 0 Å². The first kappa shape index (κ1) is 16.6. The number of nitrogens with zero attached hydrogens (tertiary/aromatic N) is 3. The van der Waals surface area contributed by atoms with Gasteiger partial charge in [0, 0.05) is 25.7 Å². The van der Waals surface area contributed by atoms with Crippen molar-refractivity contribution in [3.8, 4) is 17.6 Å². The van der Waals surface area contributed by atoms with E-state index in [4.69, 9.17) is 4.74 Å². The van der Waals surface area contributed by atoms with E-state index in [0.29, 0.717) is 11.8 Å². The Morgan fingerprint density at radius 3 is 2.77 bits per heavy atom. The number of likely N-dealkylation sites (N-methyl/N-ethyl adjacent to an activating group) is 1. The van der Waals surface area contributed by atoms with Crippen molar-refractivity contribution in [2.45, 2.75) is 32.4 Å². The first-order valence-corrected chi connectivity index (χ1v) is 7.89. The fraction of sp³-hybridized carbons (Fsp3) is 0.588. The summed E-state index contributed by atoms with van der Waals surface area (Å²) in [5.74, 6) is 0.517. The Hall–Kier alpha value is -1.77. The van der Waals surface area contributed by atoms with Crippen molar-refractivity contribution < 1.29 is 9.84 Å². The van der Waals surface area contributed by atoms with E-state index in [1.54, 1.807) is 12.1 Å². The molecular weight excluding hydrogens is 278 g/mol. The van der Waals surface area contributed by atoms with Gasteiger partial charge in [-0.25, -0.2) is 0 Å². The SMILES string of the molecule is CCC1CN(CC)CCN1C(C#N)c1ccc(O)c(OC)c1. The molecule has 5 heteroatoms. The monoisotopic (exact) mass is 303 g/mol. The van der Waals surface area contributed by atoms with Crippen LogP contribution in [0, 0.1) is 11.3 Å². The molecule has 2 atom stereocenters. The zero-order valence-electron chi connectivity index (χ0n) is 13.6. The number of phenolic OH excluding ortho intramolecular Hbond substituents is 1. The van der Waals surface area contributed by atoms with Crippen LogP contribution in [-0.2, 0) is 0 Å². The molecule has 0 amide bonds. The Morgan fingerprint density at radius 2 is 2.18 bits per heavy atom. The zero-order chi connectivity index (χ0) is 16.1. The second-order valence-electron chi connectivity index (χ2n) is 5.66. The number of phenols is 1. The van der Waals surface area contributed by atoms with Gasteiger partial charge in [-0.05, 0) is 30.7 Å². The van der Waals surface area contributed by atoms with Crippen molar-refractivity contribution in [1.82, 2.24) is 9.80 Å². The highest BCUT2D eigenvalue weighted by atomic mass is 16.5. The van der Waals surface area contributed by atoms with Gasteiger partial charge < -0.3 is 14.7 Å². The van der Waals surface area contributed by atoms with Gasteiger partial charge >= 0.3 is 0 Å². The van der Waals surface area contributed by atoms with E-state index >= 15 is 0 Å². The Kier molecular flexibility index (Phi) is 5.64. The van der Waals surface area contributed by atoms with Gasteiger partial charge in [-0.3, -0.25) is 4.90 Å². The van der Waals surface area contributed by atoms with Crippen LogP contribution in [0.4, 0.5) is 0 Å². The molecule has 0 radical (unpaired) electrons. The average molecular weight is 303 g/mol. The molecule has 2 rings (SSSR count). The molecule has 0 aliphatic carbocycles. The molecule has 0 saturated carbocycles. The molecule has 22 heavy (non-hydrogen) atoms. The second kappa shape index (κ2) is 7.48. The van der Waals surface area contributed by atoms with Crippen molar-refractivity contribution in [1.29, 1.82) is 5.26 Å². The van der Waals surface area contributed by atoms with Gasteiger partial charge in [0.05, 0.1) is 13.2 Å². The second-order valence-corrected chi connectivity index (χ2v) is 5.66. The molecule has 1 aliphatic rings. The highest BCUT2D eigenvalue weighted by Crippen LogP contribution is 2.32. The molecule has 2 unspecified atom stereocenters. The van der Waals surface area contributed by atoms with E-state index in [-0.39, 0.29) is 11.8 Å². The van der Waals surface area contributed by atoms with Crippen molar-refractivity contribution in [3.05, 3.63) is 23.8 Å². The standard InChI is InChI=1S/C17H25N3O2/c1-4-14-12-19(5-2)8-9-20(14)15(11-18)13-6-7-16(21)17(10-13)22-3/h6-7,10,14-15,21H,4-5,8-9,12H2,1-3H3. The average Bonchev–Trinajstić information content (AvgIpc) is 2.57. The Labute approximate surface area is 132 Å². The van der Waals surface area contributed by atoms with Crippen LogP contribution in [0.5, 0.6) is 11.5 Å². The highest BCUT2D eigenvalue weighted by molar-refractivity contribution is 5.43. The minimum Gasteiger partial charge on any atom is -0.504 e. The summed E-state index contributed by atoms with van der Waals surface area (Å²) < 4.78 is 5.17. The topological polar surface area (TPSA) is 59.7 Å². The van der Waals surface area contributed by atoms with E-state index < -0.39 is 0 Å². The minimum absolute atomic E-state index is 0.103. The lowest BCUT2D eigenvalue weighted by molar-refractivity contribution is 0.0569. The van der Waals surface area contributed by atoms with Crippen LogP contribution in [0.3, 0.4) is 0 Å². The molecule has 5 nitrogen and oxygen atoms in total. The van der Waals surface area contributed by atoms with Crippen LogP contribution in [0.15, 0.2) is 18.2 Å². The first-order chi connectivity index (χ1) is 10.6. The molecular formula is C17H25N3O2. The zero-order valence-corrected chi connectivity index (χ0v) is 13.6. The third kappa shape index (κ3) is 3.34. The summed E-state index contributed by atoms with van der Waals surface area (Å²) in [7, 11) is 1.52. The molecule has 120 valence electrons. The fourth-order valence-corrected chi connectivity index (χ4v) is 3.13. The Balaban J connectivity index is 2.26. The Morgan fingerprint density at radius 1 is 1.41 bits per heavy atom. The van der Waals surface area contributed by atoms with E-state index in [9.17, 15) is 10.4 Å². The number of ether oxygens (including phenoxy) is 1. The quantitative estimate of drug-likeness (QED) is 0.905. The van der Waals surface area contributed by atoms with Gasteiger partial charge in [0.25, 0.3) is 0 Å². The van der Waals surface area contributed by atoms with E-state index in [1.165, 1.54) is 7.11 Å². The van der Waals surface area contributed by atoms with E-state index in [1.807, 2.05) is 6.07 Å². The lowest BCUT2D eigenvalue weighted by atomic mass is 10.0. The van der Waals surface area contributed by atoms with Gasteiger partial charge in [0.2, 0.25) is 0 Å². The first-order valence-electron chi connectivity index (χ1n) is 7.89. The number of methoxy groups -OCH3 is 1. The van der Waals surface area contributed by atoms with Crippen LogP contribution in [0.2, 0.25) is 0 Å². The van der Waals surface area contributed by atoms with Crippen LogP contribution in [-0.4, -0.2) is 54.2 Å². The maximum atomic E-state index is 9.74. The lowest BCUT2D eigenvalue weighted by Gasteiger charge is -2.43. The number of rotatable bonds is 5. The van der Waals surface area contributed by atoms with E-state index in [0.717, 1.165) is 38.2 Å². The number of benzene rings is 1. The number of aromatic hydroxyl groups is 1. The summed E-state index contributed by atoms with van der Waals surface area (Å²) in [5.41, 5.74) is 0.876. The van der Waals surface area contributed by atoms with Crippen LogP contribution in [0.25, 0.3) is 0 Å². The summed E-state index contributed by atoms with van der Waals surface area (Å²) in [6, 6.07) is 7.67. The Bertz CT molecular complexity index is 541. The normalized spacial score (nSPS) is 21.3. The molecule has 1 aromatic rings. The van der Waals surface area contributed by atoms with Crippen LogP contribution >= 0.6 is 0 Å². The molecule has 1 aromatic carbocycles. The van der Waals surface area contributed by atoms with Gasteiger partial charge in [0.15, 0.2) is 11.5 Å². The van der Waals surface area contributed by atoms with E-state index in [2.05, 4.69) is 29.7 Å². The molecule has 0 spiro atoms. The summed E-state index contributed by atoms with van der Waals surface area (Å²) in [5, 5.41) is 19.4. The third-order valence-corrected chi connectivity index (χ3v) is 4.50. The fourth-order valence-electron chi connectivity index (χ4n) is 3.13. The molecule has 1 saturated heterocycles. The van der Waals surface area contributed by atoms with Gasteiger partial charge in [-0.2, -0.15) is 5.26 Å². The molecule has 0 aromatic heterocycles. The molecule has 1 N–H and O–H groups in total. The summed E-state index contributed by atoms with van der Waals surface area (Å²) in [6.07, 6.45) is 1.02. The predicted molar refractivity (Wildman–Crippen MR) is 85.9 cm³/mol. The summed E-state index contributed by atoms with van der Waals surface area (Å²) >= 11 is 0. The number of nitriles is 1. The van der Waals surface area contributed by atoms with Crippen molar-refractivity contribution in [3.63, 3.8) is 0 Å². The third-order valence-electron chi connectivity index (χ3n) is 4.50. The molecule has 1 heterocycles. The highest BCUT2D eigenvalue weighted by Gasteiger charge is 2.31. The maximum absolute atomic E-state index is 9.74. The predicted octanol–water partition coefficient (Wildman–Crippen LogP) is 2.38. The number of hydrogen-bond acceptors (Lipinski definition) is 5. The number of piperazine rings is 1. The summed E-state index contributed by atoms with van der Waals surface area (Å²) in [4.78, 5) is 4.70. The summed E-state index contributed by atoms with van der Waals surface area (Å²) in [6.45, 7) is 8.26. The largest absolute Gasteiger partial charge is 0.504 e. The van der Waals surface area contributed by atoms with Crippen LogP contribution < -0.4 is 4.74 Å². The molecule has 1 fully saturated rings. The van der Waals surface area contributed by atoms with Crippen molar-refractivity contribution in [2.75, 3.05) is 33.3 Å². The molecule has 0 bridgehead atoms. The minimum atomic E-state index is -0.307. The lowest BCUT2D eigenvalue weighted by Crippen LogP contribution is -2.53. The van der Waals surface area contributed by atoms with Crippen LogP contribution in [0.1, 0.15) is 31.9 Å². The molecule has 1 aliphatic heterocycles. The van der Waals surface area contributed by atoms with Gasteiger partial charge in [0.1, 0.15) is 6.04 Å². The van der Waals surface area contributed by atoms with Gasteiger partial charge in [-0.1, -0.05) is 19.9 Å². The number of hydrogen-bond donors (Lipinski definition) is 1. The smallest absolute Gasteiger partial charge is 0.160 e. The van der Waals surface area contributed by atoms with Gasteiger partial charge in [-0.15, -0.1) is 0 Å². The van der Waals surface area contributed by atoms with Crippen molar-refractivity contribution >= 4 is 0 Å². The maximum Gasteiger partial charge on any atom is 0.160 e.